The lowest BCUT2D eigenvalue weighted by molar-refractivity contribution is 0.322. The van der Waals surface area contributed by atoms with Crippen molar-refractivity contribution in [1.82, 2.24) is 4.90 Å². The third kappa shape index (κ3) is 5.97. The van der Waals surface area contributed by atoms with Crippen LogP contribution in [0.1, 0.15) is 54.7 Å². The zero-order valence-corrected chi connectivity index (χ0v) is 16.9. The monoisotopic (exact) mass is 399 g/mol. The van der Waals surface area contributed by atoms with Gasteiger partial charge in [-0.1, -0.05) is 70.5 Å². The van der Waals surface area contributed by atoms with Gasteiger partial charge < -0.3 is 4.90 Å². The summed E-state index contributed by atoms with van der Waals surface area (Å²) in [5.74, 6) is 0.778. The van der Waals surface area contributed by atoms with Gasteiger partial charge in [0.2, 0.25) is 0 Å². The first kappa shape index (κ1) is 18.7. The molecular weight excluding hydrogens is 370 g/mol. The van der Waals surface area contributed by atoms with Crippen molar-refractivity contribution in [1.29, 1.82) is 0 Å². The molecule has 0 radical (unpaired) electrons. The molecular formula is C23H30BrN. The van der Waals surface area contributed by atoms with Gasteiger partial charge in [-0.05, 0) is 74.7 Å². The average molecular weight is 400 g/mol. The second-order valence-corrected chi connectivity index (χ2v) is 8.81. The summed E-state index contributed by atoms with van der Waals surface area (Å²) in [7, 11) is 2.22. The number of alkyl halides is 1. The average Bonchev–Trinajstić information content (AvgIpc) is 2.64. The standard InChI is InChI=1S/C23H30BrN/c1-25(18-20-6-3-2-4-7-20)17-5-8-19-9-11-21(12-10-19)22-13-15-23(24)16-14-22/h2-4,6-7,9-12,22-23H,5,8,13-18H2,1H3. The summed E-state index contributed by atoms with van der Waals surface area (Å²) in [5.41, 5.74) is 4.42. The van der Waals surface area contributed by atoms with Crippen molar-refractivity contribution in [2.75, 3.05) is 13.6 Å². The molecule has 2 aromatic rings. The minimum Gasteiger partial charge on any atom is -0.302 e. The molecule has 0 spiro atoms. The summed E-state index contributed by atoms with van der Waals surface area (Å²) >= 11 is 3.76. The number of halogens is 1. The number of hydrogen-bond donors (Lipinski definition) is 0. The molecule has 1 saturated carbocycles. The first-order valence-electron chi connectivity index (χ1n) is 9.66. The lowest BCUT2D eigenvalue weighted by Crippen LogP contribution is -2.19. The summed E-state index contributed by atoms with van der Waals surface area (Å²) < 4.78 is 0. The topological polar surface area (TPSA) is 3.24 Å². The Morgan fingerprint density at radius 3 is 2.24 bits per heavy atom. The van der Waals surface area contributed by atoms with E-state index in [1.165, 1.54) is 49.7 Å². The first-order valence-corrected chi connectivity index (χ1v) is 10.6. The summed E-state index contributed by atoms with van der Waals surface area (Å²) in [6.45, 7) is 2.18. The van der Waals surface area contributed by atoms with Crippen LogP contribution >= 0.6 is 15.9 Å². The molecule has 0 unspecified atom stereocenters. The molecule has 0 heterocycles. The fraction of sp³-hybridized carbons (Fsp3) is 0.478. The predicted molar refractivity (Wildman–Crippen MR) is 111 cm³/mol. The lowest BCUT2D eigenvalue weighted by Gasteiger charge is -2.25. The summed E-state index contributed by atoms with van der Waals surface area (Å²) in [4.78, 5) is 3.17. The second kappa shape index (κ2) is 9.54. The van der Waals surface area contributed by atoms with E-state index in [4.69, 9.17) is 0 Å². The van der Waals surface area contributed by atoms with E-state index in [1.807, 2.05) is 0 Å². The van der Waals surface area contributed by atoms with Crippen LogP contribution in [0.15, 0.2) is 54.6 Å². The van der Waals surface area contributed by atoms with Gasteiger partial charge in [0.05, 0.1) is 0 Å². The maximum Gasteiger partial charge on any atom is 0.0230 e. The highest BCUT2D eigenvalue weighted by molar-refractivity contribution is 9.09. The highest BCUT2D eigenvalue weighted by Gasteiger charge is 2.20. The molecule has 134 valence electrons. The number of aryl methyl sites for hydroxylation is 1. The highest BCUT2D eigenvalue weighted by atomic mass is 79.9. The maximum absolute atomic E-state index is 3.76. The summed E-state index contributed by atoms with van der Waals surface area (Å²) in [6, 6.07) is 20.2. The van der Waals surface area contributed by atoms with Gasteiger partial charge in [0.15, 0.2) is 0 Å². The van der Waals surface area contributed by atoms with E-state index in [0.29, 0.717) is 0 Å². The van der Waals surface area contributed by atoms with Gasteiger partial charge in [0, 0.05) is 11.4 Å². The zero-order chi connectivity index (χ0) is 17.5. The summed E-state index contributed by atoms with van der Waals surface area (Å²) in [5, 5.41) is 0. The fourth-order valence-electron chi connectivity index (χ4n) is 3.87. The zero-order valence-electron chi connectivity index (χ0n) is 15.3. The minimum atomic E-state index is 0.746. The van der Waals surface area contributed by atoms with Crippen LogP contribution in [0, 0.1) is 0 Å². The Hall–Kier alpha value is -1.12. The molecule has 0 aliphatic heterocycles. The Bertz CT molecular complexity index is 614. The molecule has 1 nitrogen and oxygen atoms in total. The van der Waals surface area contributed by atoms with Crippen LogP contribution in [0.3, 0.4) is 0 Å². The van der Waals surface area contributed by atoms with Gasteiger partial charge in [0.25, 0.3) is 0 Å². The molecule has 3 rings (SSSR count). The predicted octanol–water partition coefficient (Wildman–Crippen LogP) is 6.17. The molecule has 2 aromatic carbocycles. The van der Waals surface area contributed by atoms with Gasteiger partial charge in [-0.3, -0.25) is 0 Å². The van der Waals surface area contributed by atoms with Crippen molar-refractivity contribution >= 4 is 15.9 Å². The molecule has 1 aliphatic rings. The first-order chi connectivity index (χ1) is 12.2. The van der Waals surface area contributed by atoms with E-state index in [2.05, 4.69) is 82.5 Å². The van der Waals surface area contributed by atoms with Crippen LogP contribution < -0.4 is 0 Å². The van der Waals surface area contributed by atoms with Crippen molar-refractivity contribution in [3.05, 3.63) is 71.3 Å². The minimum absolute atomic E-state index is 0.746. The van der Waals surface area contributed by atoms with E-state index in [1.54, 1.807) is 5.56 Å². The van der Waals surface area contributed by atoms with Crippen molar-refractivity contribution in [2.45, 2.75) is 55.8 Å². The SMILES string of the molecule is CN(CCCc1ccc(C2CCC(Br)CC2)cc1)Cc1ccccc1. The number of hydrogen-bond acceptors (Lipinski definition) is 1. The molecule has 25 heavy (non-hydrogen) atoms. The Labute approximate surface area is 161 Å². The van der Waals surface area contributed by atoms with Crippen LogP contribution in [-0.2, 0) is 13.0 Å². The van der Waals surface area contributed by atoms with E-state index in [9.17, 15) is 0 Å². The second-order valence-electron chi connectivity index (χ2n) is 7.52. The highest BCUT2D eigenvalue weighted by Crippen LogP contribution is 2.35. The van der Waals surface area contributed by atoms with E-state index >= 15 is 0 Å². The lowest BCUT2D eigenvalue weighted by atomic mass is 9.84. The van der Waals surface area contributed by atoms with Gasteiger partial charge in [0.1, 0.15) is 0 Å². The molecule has 1 fully saturated rings. The molecule has 0 aromatic heterocycles. The van der Waals surface area contributed by atoms with Crippen molar-refractivity contribution < 1.29 is 0 Å². The Balaban J connectivity index is 1.41. The van der Waals surface area contributed by atoms with Gasteiger partial charge in [-0.25, -0.2) is 0 Å². The number of rotatable bonds is 7. The molecule has 2 heteroatoms. The van der Waals surface area contributed by atoms with Gasteiger partial charge >= 0.3 is 0 Å². The Morgan fingerprint density at radius 1 is 0.880 bits per heavy atom. The smallest absolute Gasteiger partial charge is 0.0230 e. The Kier molecular flexibility index (Phi) is 7.12. The van der Waals surface area contributed by atoms with E-state index in [0.717, 1.165) is 23.8 Å². The largest absolute Gasteiger partial charge is 0.302 e. The van der Waals surface area contributed by atoms with Crippen LogP contribution in [0.4, 0.5) is 0 Å². The molecule has 0 atom stereocenters. The van der Waals surface area contributed by atoms with Crippen LogP contribution in [0.25, 0.3) is 0 Å². The van der Waals surface area contributed by atoms with Gasteiger partial charge in [-0.15, -0.1) is 0 Å². The van der Waals surface area contributed by atoms with Crippen LogP contribution in [0.2, 0.25) is 0 Å². The number of benzene rings is 2. The van der Waals surface area contributed by atoms with E-state index in [-0.39, 0.29) is 0 Å². The quantitative estimate of drug-likeness (QED) is 0.502. The molecule has 0 bridgehead atoms. The normalized spacial score (nSPS) is 20.8. The fourth-order valence-corrected chi connectivity index (χ4v) is 4.40. The molecule has 1 aliphatic carbocycles. The van der Waals surface area contributed by atoms with Crippen molar-refractivity contribution in [3.8, 4) is 0 Å². The maximum atomic E-state index is 3.76. The van der Waals surface area contributed by atoms with Crippen LogP contribution in [-0.4, -0.2) is 23.3 Å². The van der Waals surface area contributed by atoms with Crippen LogP contribution in [0.5, 0.6) is 0 Å². The summed E-state index contributed by atoms with van der Waals surface area (Å²) in [6.07, 6.45) is 7.70. The van der Waals surface area contributed by atoms with E-state index < -0.39 is 0 Å². The number of nitrogens with zero attached hydrogens (tertiary/aromatic N) is 1. The Morgan fingerprint density at radius 2 is 1.56 bits per heavy atom. The molecule has 0 amide bonds. The third-order valence-corrected chi connectivity index (χ3v) is 6.32. The molecule has 0 saturated heterocycles. The third-order valence-electron chi connectivity index (χ3n) is 5.41. The van der Waals surface area contributed by atoms with Crippen molar-refractivity contribution in [2.24, 2.45) is 0 Å². The molecule has 0 N–H and O–H groups in total. The van der Waals surface area contributed by atoms with Crippen molar-refractivity contribution in [3.63, 3.8) is 0 Å². The van der Waals surface area contributed by atoms with Gasteiger partial charge in [-0.2, -0.15) is 0 Å².